The highest BCUT2D eigenvalue weighted by Gasteiger charge is 2.17. The Balaban J connectivity index is 1.99. The summed E-state index contributed by atoms with van der Waals surface area (Å²) in [5.74, 6) is -1.34. The number of ether oxygens (including phenoxy) is 1. The van der Waals surface area contributed by atoms with Gasteiger partial charge in [0, 0.05) is 10.5 Å². The number of rotatable bonds is 3. The topological polar surface area (TPSA) is 52.3 Å². The third kappa shape index (κ3) is 2.68. The fraction of sp³-hybridized carbons (Fsp3) is 0.0833. The van der Waals surface area contributed by atoms with Gasteiger partial charge in [-0.3, -0.25) is 0 Å². The second-order valence-corrected chi connectivity index (χ2v) is 4.89. The van der Waals surface area contributed by atoms with E-state index in [1.54, 1.807) is 6.07 Å². The van der Waals surface area contributed by atoms with Crippen molar-refractivity contribution in [3.8, 4) is 11.6 Å². The van der Waals surface area contributed by atoms with Gasteiger partial charge < -0.3 is 4.74 Å². The van der Waals surface area contributed by atoms with Crippen molar-refractivity contribution in [2.45, 2.75) is 6.43 Å². The van der Waals surface area contributed by atoms with Crippen molar-refractivity contribution in [1.29, 1.82) is 0 Å². The maximum atomic E-state index is 13.7. The average Bonchev–Trinajstić information content (AvgIpc) is 2.85. The minimum Gasteiger partial charge on any atom is -0.434 e. The molecule has 21 heavy (non-hydrogen) atoms. The lowest BCUT2D eigenvalue weighted by atomic mass is 10.3. The summed E-state index contributed by atoms with van der Waals surface area (Å²) in [6.45, 7) is 0. The molecule has 2 heterocycles. The van der Waals surface area contributed by atoms with Gasteiger partial charge in [0.25, 0.3) is 6.43 Å². The molecule has 0 N–H and O–H groups in total. The zero-order valence-electron chi connectivity index (χ0n) is 10.2. The van der Waals surface area contributed by atoms with Crippen LogP contribution in [0.25, 0.3) is 5.65 Å². The molecule has 108 valence electrons. The van der Waals surface area contributed by atoms with E-state index < -0.39 is 18.1 Å². The molecule has 3 aromatic rings. The monoisotopic (exact) mass is 358 g/mol. The molecule has 9 heteroatoms. The fourth-order valence-corrected chi connectivity index (χ4v) is 1.98. The van der Waals surface area contributed by atoms with E-state index in [1.165, 1.54) is 24.3 Å². The first-order valence-corrected chi connectivity index (χ1v) is 6.47. The molecule has 0 saturated heterocycles. The summed E-state index contributed by atoms with van der Waals surface area (Å²) in [7, 11) is 0. The van der Waals surface area contributed by atoms with Crippen LogP contribution in [0.15, 0.2) is 34.8 Å². The van der Waals surface area contributed by atoms with Crippen molar-refractivity contribution < 1.29 is 17.9 Å². The third-order valence-electron chi connectivity index (χ3n) is 2.57. The number of halogens is 4. The van der Waals surface area contributed by atoms with E-state index in [2.05, 4.69) is 31.2 Å². The summed E-state index contributed by atoms with van der Waals surface area (Å²) < 4.78 is 45.8. The predicted molar refractivity (Wildman–Crippen MR) is 69.9 cm³/mol. The molecule has 0 radical (unpaired) electrons. The molecule has 5 nitrogen and oxygen atoms in total. The number of nitrogens with zero attached hydrogens (tertiary/aromatic N) is 4. The van der Waals surface area contributed by atoms with E-state index in [9.17, 15) is 13.2 Å². The zero-order valence-corrected chi connectivity index (χ0v) is 11.8. The van der Waals surface area contributed by atoms with E-state index in [-0.39, 0.29) is 17.3 Å². The van der Waals surface area contributed by atoms with Gasteiger partial charge in [-0.05, 0) is 24.3 Å². The van der Waals surface area contributed by atoms with Gasteiger partial charge in [0.2, 0.25) is 11.7 Å². The minimum absolute atomic E-state index is 0.0505. The van der Waals surface area contributed by atoms with Crippen LogP contribution in [0, 0.1) is 5.82 Å². The fourth-order valence-electron chi connectivity index (χ4n) is 1.65. The van der Waals surface area contributed by atoms with Crippen molar-refractivity contribution in [2.75, 3.05) is 0 Å². The van der Waals surface area contributed by atoms with Crippen molar-refractivity contribution in [2.24, 2.45) is 0 Å². The van der Waals surface area contributed by atoms with Crippen LogP contribution in [0.4, 0.5) is 13.2 Å². The second kappa shape index (κ2) is 5.32. The van der Waals surface area contributed by atoms with E-state index in [0.717, 1.165) is 4.52 Å². The number of hydrogen-bond acceptors (Lipinski definition) is 4. The van der Waals surface area contributed by atoms with Crippen LogP contribution in [-0.2, 0) is 0 Å². The standard InChI is InChI=1S/C12H6BrF3N4O/c13-6-1-2-8(7(14)5-6)21-10-4-3-9-17-18-12(11(15)16)20(9)19-10/h1-5,11H. The van der Waals surface area contributed by atoms with Crippen LogP contribution < -0.4 is 4.74 Å². The maximum Gasteiger partial charge on any atom is 0.299 e. The van der Waals surface area contributed by atoms with Crippen LogP contribution in [0.3, 0.4) is 0 Å². The highest BCUT2D eigenvalue weighted by Crippen LogP contribution is 2.26. The molecule has 0 saturated carbocycles. The van der Waals surface area contributed by atoms with Crippen molar-refractivity contribution in [3.63, 3.8) is 0 Å². The van der Waals surface area contributed by atoms with Crippen molar-refractivity contribution >= 4 is 21.6 Å². The highest BCUT2D eigenvalue weighted by molar-refractivity contribution is 9.10. The summed E-state index contributed by atoms with van der Waals surface area (Å²) in [4.78, 5) is 0. The maximum absolute atomic E-state index is 13.7. The summed E-state index contributed by atoms with van der Waals surface area (Å²) >= 11 is 3.12. The summed E-state index contributed by atoms with van der Waals surface area (Å²) in [5.41, 5.74) is 0.147. The van der Waals surface area contributed by atoms with E-state index in [1.807, 2.05) is 0 Å². The molecule has 1 aromatic carbocycles. The number of aromatic nitrogens is 4. The molecule has 0 aliphatic carbocycles. The van der Waals surface area contributed by atoms with Gasteiger partial charge in [0.1, 0.15) is 0 Å². The van der Waals surface area contributed by atoms with Gasteiger partial charge in [-0.25, -0.2) is 13.2 Å². The molecular formula is C12H6BrF3N4O. The molecule has 0 aliphatic rings. The first-order chi connectivity index (χ1) is 10.0. The van der Waals surface area contributed by atoms with Gasteiger partial charge in [-0.1, -0.05) is 15.9 Å². The Morgan fingerprint density at radius 1 is 1.14 bits per heavy atom. The number of alkyl halides is 2. The lowest BCUT2D eigenvalue weighted by Crippen LogP contribution is -2.01. The molecule has 0 fully saturated rings. The molecule has 0 bridgehead atoms. The van der Waals surface area contributed by atoms with E-state index >= 15 is 0 Å². The molecule has 0 unspecified atom stereocenters. The van der Waals surface area contributed by atoms with Gasteiger partial charge in [-0.15, -0.1) is 15.3 Å². The van der Waals surface area contributed by atoms with Crippen LogP contribution in [0.1, 0.15) is 12.2 Å². The minimum atomic E-state index is -2.83. The van der Waals surface area contributed by atoms with Gasteiger partial charge in [-0.2, -0.15) is 4.52 Å². The molecular weight excluding hydrogens is 353 g/mol. The Bertz CT molecular complexity index is 808. The van der Waals surface area contributed by atoms with Gasteiger partial charge in [0.15, 0.2) is 17.2 Å². The normalized spacial score (nSPS) is 11.3. The summed E-state index contributed by atoms with van der Waals surface area (Å²) in [6, 6.07) is 6.99. The zero-order chi connectivity index (χ0) is 15.0. The Labute approximate surface area is 124 Å². The van der Waals surface area contributed by atoms with Crippen molar-refractivity contribution in [3.05, 3.63) is 46.4 Å². The van der Waals surface area contributed by atoms with E-state index in [4.69, 9.17) is 4.74 Å². The third-order valence-corrected chi connectivity index (χ3v) is 3.06. The smallest absolute Gasteiger partial charge is 0.299 e. The summed E-state index contributed by atoms with van der Waals surface area (Å²) in [6.07, 6.45) is -2.83. The largest absolute Gasteiger partial charge is 0.434 e. The van der Waals surface area contributed by atoms with Crippen molar-refractivity contribution in [1.82, 2.24) is 19.8 Å². The lowest BCUT2D eigenvalue weighted by molar-refractivity contribution is 0.137. The molecule has 0 aliphatic heterocycles. The van der Waals surface area contributed by atoms with Crippen LogP contribution in [0.2, 0.25) is 0 Å². The number of benzene rings is 1. The van der Waals surface area contributed by atoms with Crippen LogP contribution in [0.5, 0.6) is 11.6 Å². The quantitative estimate of drug-likeness (QED) is 0.715. The van der Waals surface area contributed by atoms with Crippen LogP contribution in [-0.4, -0.2) is 19.8 Å². The Morgan fingerprint density at radius 2 is 1.95 bits per heavy atom. The molecule has 2 aromatic heterocycles. The molecule has 0 atom stereocenters. The average molecular weight is 359 g/mol. The predicted octanol–water partition coefficient (Wildman–Crippen LogP) is 3.76. The molecule has 3 rings (SSSR count). The van der Waals surface area contributed by atoms with Gasteiger partial charge in [0.05, 0.1) is 0 Å². The summed E-state index contributed by atoms with van der Waals surface area (Å²) in [5, 5.41) is 10.7. The van der Waals surface area contributed by atoms with Crippen LogP contribution >= 0.6 is 15.9 Å². The Hall–Kier alpha value is -2.16. The Morgan fingerprint density at radius 3 is 2.67 bits per heavy atom. The Kier molecular flexibility index (Phi) is 3.50. The SMILES string of the molecule is Fc1cc(Br)ccc1Oc1ccc2nnc(C(F)F)n2n1. The second-order valence-electron chi connectivity index (χ2n) is 3.98. The van der Waals surface area contributed by atoms with E-state index in [0.29, 0.717) is 4.47 Å². The number of hydrogen-bond donors (Lipinski definition) is 0. The highest BCUT2D eigenvalue weighted by atomic mass is 79.9. The first kappa shape index (κ1) is 13.8. The van der Waals surface area contributed by atoms with Gasteiger partial charge >= 0.3 is 0 Å². The molecule has 0 amide bonds. The molecule has 0 spiro atoms. The number of fused-ring (bicyclic) bond motifs is 1. The first-order valence-electron chi connectivity index (χ1n) is 5.68. The lowest BCUT2D eigenvalue weighted by Gasteiger charge is -2.06.